The van der Waals surface area contributed by atoms with Crippen molar-refractivity contribution in [2.45, 2.75) is 13.3 Å². The number of rotatable bonds is 4. The van der Waals surface area contributed by atoms with Crippen molar-refractivity contribution >= 4 is 5.78 Å². The maximum absolute atomic E-state index is 12.0. The van der Waals surface area contributed by atoms with Gasteiger partial charge in [0.15, 0.2) is 5.78 Å². The Morgan fingerprint density at radius 3 is 2.48 bits per heavy atom. The molecule has 0 unspecified atom stereocenters. The second-order valence-corrected chi connectivity index (χ2v) is 4.83. The SMILES string of the molecule is CCC(=O)c1ccccc1-n1cc(-c2ccccc2)cn1. The highest BCUT2D eigenvalue weighted by Gasteiger charge is 2.11. The first-order valence-corrected chi connectivity index (χ1v) is 7.02. The van der Waals surface area contributed by atoms with E-state index in [1.54, 1.807) is 4.68 Å². The van der Waals surface area contributed by atoms with Crippen molar-refractivity contribution in [3.63, 3.8) is 0 Å². The summed E-state index contributed by atoms with van der Waals surface area (Å²) in [6.45, 7) is 1.87. The standard InChI is InChI=1S/C18H16N2O/c1-2-18(21)16-10-6-7-11-17(16)20-13-15(12-19-20)14-8-4-3-5-9-14/h3-13H,2H2,1H3. The van der Waals surface area contributed by atoms with Crippen LogP contribution in [0, 0.1) is 0 Å². The molecule has 0 atom stereocenters. The number of hydrogen-bond acceptors (Lipinski definition) is 2. The molecule has 0 bridgehead atoms. The molecule has 0 saturated heterocycles. The number of aromatic nitrogens is 2. The second kappa shape index (κ2) is 5.75. The van der Waals surface area contributed by atoms with Gasteiger partial charge in [-0.15, -0.1) is 0 Å². The van der Waals surface area contributed by atoms with Crippen LogP contribution in [0.4, 0.5) is 0 Å². The van der Waals surface area contributed by atoms with Gasteiger partial charge < -0.3 is 0 Å². The average molecular weight is 276 g/mol. The molecule has 0 amide bonds. The highest BCUT2D eigenvalue weighted by atomic mass is 16.1. The van der Waals surface area contributed by atoms with E-state index in [4.69, 9.17) is 0 Å². The first-order valence-electron chi connectivity index (χ1n) is 7.02. The smallest absolute Gasteiger partial charge is 0.164 e. The van der Waals surface area contributed by atoms with Gasteiger partial charge in [0.1, 0.15) is 0 Å². The molecule has 2 aromatic carbocycles. The molecule has 0 aliphatic rings. The molecule has 1 heterocycles. The van der Waals surface area contributed by atoms with Crippen molar-refractivity contribution in [1.82, 2.24) is 9.78 Å². The number of para-hydroxylation sites is 1. The van der Waals surface area contributed by atoms with Crippen molar-refractivity contribution in [3.05, 3.63) is 72.6 Å². The highest BCUT2D eigenvalue weighted by Crippen LogP contribution is 2.21. The Morgan fingerprint density at radius 2 is 1.71 bits per heavy atom. The summed E-state index contributed by atoms with van der Waals surface area (Å²) in [6, 6.07) is 17.7. The van der Waals surface area contributed by atoms with Gasteiger partial charge >= 0.3 is 0 Å². The molecule has 21 heavy (non-hydrogen) atoms. The molecular weight excluding hydrogens is 260 g/mol. The minimum atomic E-state index is 0.127. The normalized spacial score (nSPS) is 10.5. The third-order valence-electron chi connectivity index (χ3n) is 3.46. The minimum absolute atomic E-state index is 0.127. The summed E-state index contributed by atoms with van der Waals surface area (Å²) in [5, 5.41) is 4.40. The quantitative estimate of drug-likeness (QED) is 0.671. The number of carbonyl (C=O) groups is 1. The van der Waals surface area contributed by atoms with E-state index >= 15 is 0 Å². The lowest BCUT2D eigenvalue weighted by molar-refractivity contribution is 0.0988. The van der Waals surface area contributed by atoms with Crippen LogP contribution in [0.25, 0.3) is 16.8 Å². The Bertz CT molecular complexity index is 760. The number of ketones is 1. The molecule has 0 aliphatic carbocycles. The molecular formula is C18H16N2O. The van der Waals surface area contributed by atoms with Crippen LogP contribution in [-0.4, -0.2) is 15.6 Å². The van der Waals surface area contributed by atoms with E-state index in [-0.39, 0.29) is 5.78 Å². The zero-order valence-electron chi connectivity index (χ0n) is 11.9. The van der Waals surface area contributed by atoms with Crippen molar-refractivity contribution < 1.29 is 4.79 Å². The van der Waals surface area contributed by atoms with Gasteiger partial charge in [0, 0.05) is 23.7 Å². The zero-order chi connectivity index (χ0) is 14.7. The molecule has 0 aliphatic heterocycles. The van der Waals surface area contributed by atoms with Crippen LogP contribution in [0.1, 0.15) is 23.7 Å². The minimum Gasteiger partial charge on any atom is -0.294 e. The van der Waals surface area contributed by atoms with Crippen LogP contribution in [0.2, 0.25) is 0 Å². The first-order chi connectivity index (χ1) is 10.3. The van der Waals surface area contributed by atoms with Crippen LogP contribution in [0.15, 0.2) is 67.0 Å². The summed E-state index contributed by atoms with van der Waals surface area (Å²) in [4.78, 5) is 12.0. The summed E-state index contributed by atoms with van der Waals surface area (Å²) in [5.41, 5.74) is 3.69. The molecule has 3 aromatic rings. The van der Waals surface area contributed by atoms with Gasteiger partial charge in [-0.25, -0.2) is 4.68 Å². The Kier molecular flexibility index (Phi) is 3.65. The third kappa shape index (κ3) is 2.63. The number of benzene rings is 2. The maximum atomic E-state index is 12.0. The van der Waals surface area contributed by atoms with Crippen molar-refractivity contribution in [3.8, 4) is 16.8 Å². The fourth-order valence-corrected chi connectivity index (χ4v) is 2.33. The fraction of sp³-hybridized carbons (Fsp3) is 0.111. The monoisotopic (exact) mass is 276 g/mol. The molecule has 0 radical (unpaired) electrons. The lowest BCUT2D eigenvalue weighted by Gasteiger charge is -2.07. The molecule has 3 heteroatoms. The largest absolute Gasteiger partial charge is 0.294 e. The summed E-state index contributed by atoms with van der Waals surface area (Å²) in [6.07, 6.45) is 4.27. The first kappa shape index (κ1) is 13.3. The molecule has 3 nitrogen and oxygen atoms in total. The van der Waals surface area contributed by atoms with Gasteiger partial charge in [0.25, 0.3) is 0 Å². The van der Waals surface area contributed by atoms with Crippen LogP contribution in [0.3, 0.4) is 0 Å². The second-order valence-electron chi connectivity index (χ2n) is 4.83. The van der Waals surface area contributed by atoms with E-state index in [0.717, 1.165) is 16.8 Å². The summed E-state index contributed by atoms with van der Waals surface area (Å²) < 4.78 is 1.77. The van der Waals surface area contributed by atoms with Crippen molar-refractivity contribution in [2.75, 3.05) is 0 Å². The number of Topliss-reactive ketones (excluding diaryl/α,β-unsaturated/α-hetero) is 1. The van der Waals surface area contributed by atoms with Gasteiger partial charge in [0.2, 0.25) is 0 Å². The van der Waals surface area contributed by atoms with Crippen molar-refractivity contribution in [1.29, 1.82) is 0 Å². The predicted molar refractivity (Wildman–Crippen MR) is 83.6 cm³/mol. The number of nitrogens with zero attached hydrogens (tertiary/aromatic N) is 2. The van der Waals surface area contributed by atoms with E-state index in [9.17, 15) is 4.79 Å². The molecule has 3 rings (SSSR count). The van der Waals surface area contributed by atoms with Gasteiger partial charge in [-0.1, -0.05) is 49.4 Å². The Balaban J connectivity index is 2.03. The molecule has 0 saturated carbocycles. The lowest BCUT2D eigenvalue weighted by atomic mass is 10.1. The van der Waals surface area contributed by atoms with Crippen LogP contribution in [0.5, 0.6) is 0 Å². The number of hydrogen-bond donors (Lipinski definition) is 0. The van der Waals surface area contributed by atoms with Crippen LogP contribution in [-0.2, 0) is 0 Å². The fourth-order valence-electron chi connectivity index (χ4n) is 2.33. The van der Waals surface area contributed by atoms with Crippen LogP contribution < -0.4 is 0 Å². The highest BCUT2D eigenvalue weighted by molar-refractivity contribution is 5.99. The number of carbonyl (C=O) groups excluding carboxylic acids is 1. The van der Waals surface area contributed by atoms with E-state index in [1.807, 2.05) is 73.9 Å². The summed E-state index contributed by atoms with van der Waals surface area (Å²) in [5.74, 6) is 0.127. The topological polar surface area (TPSA) is 34.9 Å². The van der Waals surface area contributed by atoms with Crippen LogP contribution >= 0.6 is 0 Å². The molecule has 0 fully saturated rings. The van der Waals surface area contributed by atoms with Gasteiger partial charge in [-0.3, -0.25) is 4.79 Å². The van der Waals surface area contributed by atoms with E-state index < -0.39 is 0 Å². The van der Waals surface area contributed by atoms with E-state index in [1.165, 1.54) is 0 Å². The summed E-state index contributed by atoms with van der Waals surface area (Å²) >= 11 is 0. The third-order valence-corrected chi connectivity index (χ3v) is 3.46. The average Bonchev–Trinajstić information content (AvgIpc) is 3.05. The van der Waals surface area contributed by atoms with Gasteiger partial charge in [-0.05, 0) is 17.7 Å². The van der Waals surface area contributed by atoms with E-state index in [0.29, 0.717) is 12.0 Å². The summed E-state index contributed by atoms with van der Waals surface area (Å²) in [7, 11) is 0. The molecule has 1 aromatic heterocycles. The zero-order valence-corrected chi connectivity index (χ0v) is 11.9. The van der Waals surface area contributed by atoms with Gasteiger partial charge in [0.05, 0.1) is 11.9 Å². The maximum Gasteiger partial charge on any atom is 0.164 e. The molecule has 104 valence electrons. The van der Waals surface area contributed by atoms with E-state index in [2.05, 4.69) is 5.10 Å². The Morgan fingerprint density at radius 1 is 1.00 bits per heavy atom. The predicted octanol–water partition coefficient (Wildman–Crippen LogP) is 4.13. The lowest BCUT2D eigenvalue weighted by Crippen LogP contribution is -2.05. The molecule has 0 spiro atoms. The Hall–Kier alpha value is -2.68. The van der Waals surface area contributed by atoms with Gasteiger partial charge in [-0.2, -0.15) is 5.10 Å². The van der Waals surface area contributed by atoms with Crippen molar-refractivity contribution in [2.24, 2.45) is 0 Å². The molecule has 0 N–H and O–H groups in total. The Labute approximate surface area is 123 Å².